The summed E-state index contributed by atoms with van der Waals surface area (Å²) in [5.41, 5.74) is 0. The van der Waals surface area contributed by atoms with E-state index in [0.29, 0.717) is 5.92 Å². The molecule has 1 aliphatic rings. The lowest BCUT2D eigenvalue weighted by atomic mass is 9.89. The van der Waals surface area contributed by atoms with Crippen LogP contribution in [0.25, 0.3) is 0 Å². The van der Waals surface area contributed by atoms with E-state index in [1.807, 2.05) is 13.0 Å². The van der Waals surface area contributed by atoms with Crippen LogP contribution in [0.4, 0.5) is 4.79 Å². The number of carbonyl (C=O) groups is 1. The van der Waals surface area contributed by atoms with E-state index in [-0.39, 0.29) is 6.10 Å². The minimum Gasteiger partial charge on any atom is -0.438 e. The van der Waals surface area contributed by atoms with E-state index in [4.69, 9.17) is 4.74 Å². The van der Waals surface area contributed by atoms with Crippen LogP contribution in [0.15, 0.2) is 12.2 Å². The van der Waals surface area contributed by atoms with Gasteiger partial charge in [-0.3, -0.25) is 0 Å². The molecule has 3 heteroatoms. The average molecular weight is 212 g/mol. The second kappa shape index (κ2) is 6.49. The Labute approximate surface area is 91.4 Å². The molecule has 86 valence electrons. The molecular weight excluding hydrogens is 192 g/mol. The Morgan fingerprint density at radius 2 is 2.00 bits per heavy atom. The van der Waals surface area contributed by atoms with E-state index < -0.39 is 6.16 Å². The smallest absolute Gasteiger partial charge is 0.438 e. The molecule has 1 unspecified atom stereocenters. The molecule has 0 bridgehead atoms. The number of rotatable bonds is 3. The molecule has 3 nitrogen and oxygen atoms in total. The SMILES string of the molecule is COC(=O)OC(C)/C=C/C1CCCCC1. The highest BCUT2D eigenvalue weighted by Crippen LogP contribution is 2.24. The Morgan fingerprint density at radius 3 is 2.60 bits per heavy atom. The van der Waals surface area contributed by atoms with Crippen LogP contribution in [-0.2, 0) is 9.47 Å². The Kier molecular flexibility index (Phi) is 5.22. The van der Waals surface area contributed by atoms with Gasteiger partial charge in [-0.1, -0.05) is 25.3 Å². The molecule has 0 aliphatic heterocycles. The highest BCUT2D eigenvalue weighted by Gasteiger charge is 2.11. The standard InChI is InChI=1S/C12H20O3/c1-10(15-12(13)14-2)8-9-11-6-4-3-5-7-11/h8-11H,3-7H2,1-2H3/b9-8+. The summed E-state index contributed by atoms with van der Waals surface area (Å²) in [5, 5.41) is 0. The highest BCUT2D eigenvalue weighted by atomic mass is 16.7. The van der Waals surface area contributed by atoms with Gasteiger partial charge in [-0.15, -0.1) is 0 Å². The molecule has 1 fully saturated rings. The van der Waals surface area contributed by atoms with Crippen molar-refractivity contribution in [3.8, 4) is 0 Å². The lowest BCUT2D eigenvalue weighted by molar-refractivity contribution is 0.0577. The second-order valence-electron chi connectivity index (χ2n) is 4.06. The number of carbonyl (C=O) groups excluding carboxylic acids is 1. The quantitative estimate of drug-likeness (QED) is 0.532. The Balaban J connectivity index is 2.25. The predicted octanol–water partition coefficient (Wildman–Crippen LogP) is 3.29. The normalized spacial score (nSPS) is 20.1. The van der Waals surface area contributed by atoms with Crippen molar-refractivity contribution in [1.82, 2.24) is 0 Å². The summed E-state index contributed by atoms with van der Waals surface area (Å²) in [4.78, 5) is 10.8. The number of methoxy groups -OCH3 is 1. The van der Waals surface area contributed by atoms with E-state index in [1.54, 1.807) is 0 Å². The Morgan fingerprint density at radius 1 is 1.33 bits per heavy atom. The summed E-state index contributed by atoms with van der Waals surface area (Å²) in [6.45, 7) is 1.84. The second-order valence-corrected chi connectivity index (χ2v) is 4.06. The summed E-state index contributed by atoms with van der Waals surface area (Å²) < 4.78 is 9.36. The van der Waals surface area contributed by atoms with Gasteiger partial charge in [0.15, 0.2) is 0 Å². The van der Waals surface area contributed by atoms with Crippen LogP contribution in [-0.4, -0.2) is 19.4 Å². The summed E-state index contributed by atoms with van der Waals surface area (Å²) in [6.07, 6.45) is 9.85. The van der Waals surface area contributed by atoms with Gasteiger partial charge in [-0.05, 0) is 31.8 Å². The molecule has 1 rings (SSSR count). The van der Waals surface area contributed by atoms with Crippen LogP contribution in [0.3, 0.4) is 0 Å². The fraction of sp³-hybridized carbons (Fsp3) is 0.750. The van der Waals surface area contributed by atoms with E-state index in [2.05, 4.69) is 10.8 Å². The third-order valence-electron chi connectivity index (χ3n) is 2.75. The molecule has 0 radical (unpaired) electrons. The molecule has 0 aromatic carbocycles. The molecule has 1 aliphatic carbocycles. The lowest BCUT2D eigenvalue weighted by Gasteiger charge is -2.18. The third kappa shape index (κ3) is 4.86. The van der Waals surface area contributed by atoms with Crippen LogP contribution < -0.4 is 0 Å². The maximum absolute atomic E-state index is 10.8. The van der Waals surface area contributed by atoms with Crippen molar-refractivity contribution in [3.05, 3.63) is 12.2 Å². The fourth-order valence-electron chi connectivity index (χ4n) is 1.88. The van der Waals surface area contributed by atoms with E-state index >= 15 is 0 Å². The van der Waals surface area contributed by atoms with Gasteiger partial charge in [-0.2, -0.15) is 0 Å². The molecule has 1 saturated carbocycles. The van der Waals surface area contributed by atoms with Crippen LogP contribution in [0, 0.1) is 5.92 Å². The zero-order valence-corrected chi connectivity index (χ0v) is 9.57. The van der Waals surface area contributed by atoms with E-state index in [1.165, 1.54) is 39.2 Å². The van der Waals surface area contributed by atoms with Gasteiger partial charge in [0, 0.05) is 0 Å². The van der Waals surface area contributed by atoms with Crippen molar-refractivity contribution >= 4 is 6.16 Å². The van der Waals surface area contributed by atoms with Crippen molar-refractivity contribution in [1.29, 1.82) is 0 Å². The topological polar surface area (TPSA) is 35.5 Å². The first kappa shape index (κ1) is 12.1. The zero-order valence-electron chi connectivity index (χ0n) is 9.57. The molecule has 0 amide bonds. The van der Waals surface area contributed by atoms with Crippen molar-refractivity contribution in [2.45, 2.75) is 45.1 Å². The predicted molar refractivity (Wildman–Crippen MR) is 58.7 cm³/mol. The number of ether oxygens (including phenoxy) is 2. The maximum Gasteiger partial charge on any atom is 0.508 e. The van der Waals surface area contributed by atoms with Crippen molar-refractivity contribution in [2.75, 3.05) is 7.11 Å². The van der Waals surface area contributed by atoms with Crippen molar-refractivity contribution in [2.24, 2.45) is 5.92 Å². The summed E-state index contributed by atoms with van der Waals surface area (Å²) in [7, 11) is 1.32. The van der Waals surface area contributed by atoms with Crippen LogP contribution in [0.5, 0.6) is 0 Å². The third-order valence-corrected chi connectivity index (χ3v) is 2.75. The van der Waals surface area contributed by atoms with Gasteiger partial charge in [0.25, 0.3) is 0 Å². The van der Waals surface area contributed by atoms with Gasteiger partial charge in [0.2, 0.25) is 0 Å². The maximum atomic E-state index is 10.8. The van der Waals surface area contributed by atoms with Gasteiger partial charge >= 0.3 is 6.16 Å². The molecule has 0 heterocycles. The van der Waals surface area contributed by atoms with E-state index in [0.717, 1.165) is 0 Å². The summed E-state index contributed by atoms with van der Waals surface area (Å²) in [6, 6.07) is 0. The summed E-state index contributed by atoms with van der Waals surface area (Å²) >= 11 is 0. The lowest BCUT2D eigenvalue weighted by Crippen LogP contribution is -2.13. The first-order chi connectivity index (χ1) is 7.22. The number of allylic oxidation sites excluding steroid dienone is 1. The van der Waals surface area contributed by atoms with Crippen LogP contribution in [0.2, 0.25) is 0 Å². The Bertz CT molecular complexity index is 217. The number of hydrogen-bond donors (Lipinski definition) is 0. The molecule has 0 saturated heterocycles. The fourth-order valence-corrected chi connectivity index (χ4v) is 1.88. The molecule has 0 aromatic heterocycles. The van der Waals surface area contributed by atoms with E-state index in [9.17, 15) is 4.79 Å². The Hall–Kier alpha value is -0.990. The van der Waals surface area contributed by atoms with Gasteiger partial charge in [-0.25, -0.2) is 4.79 Å². The van der Waals surface area contributed by atoms with Crippen molar-refractivity contribution in [3.63, 3.8) is 0 Å². The average Bonchev–Trinajstić information content (AvgIpc) is 2.27. The first-order valence-electron chi connectivity index (χ1n) is 5.65. The largest absolute Gasteiger partial charge is 0.508 e. The minimum atomic E-state index is -0.615. The zero-order chi connectivity index (χ0) is 11.1. The molecule has 0 aromatic rings. The molecular formula is C12H20O3. The van der Waals surface area contributed by atoms with Crippen LogP contribution >= 0.6 is 0 Å². The van der Waals surface area contributed by atoms with Crippen LogP contribution in [0.1, 0.15) is 39.0 Å². The van der Waals surface area contributed by atoms with Gasteiger partial charge < -0.3 is 9.47 Å². The monoisotopic (exact) mass is 212 g/mol. The molecule has 0 N–H and O–H groups in total. The number of hydrogen-bond acceptors (Lipinski definition) is 3. The summed E-state index contributed by atoms with van der Waals surface area (Å²) in [5.74, 6) is 0.669. The molecule has 0 spiro atoms. The first-order valence-corrected chi connectivity index (χ1v) is 5.65. The van der Waals surface area contributed by atoms with Gasteiger partial charge in [0.1, 0.15) is 6.10 Å². The molecule has 1 atom stereocenters. The minimum absolute atomic E-state index is 0.195. The molecule has 15 heavy (non-hydrogen) atoms. The highest BCUT2D eigenvalue weighted by molar-refractivity contribution is 5.59. The van der Waals surface area contributed by atoms with Crippen molar-refractivity contribution < 1.29 is 14.3 Å². The van der Waals surface area contributed by atoms with Gasteiger partial charge in [0.05, 0.1) is 7.11 Å².